The van der Waals surface area contributed by atoms with E-state index in [0.717, 1.165) is 25.3 Å². The van der Waals surface area contributed by atoms with Crippen molar-refractivity contribution in [3.8, 4) is 0 Å². The van der Waals surface area contributed by atoms with Gasteiger partial charge in [0.1, 0.15) is 0 Å². The molecule has 0 amide bonds. The Balaban J connectivity index is 2.07. The summed E-state index contributed by atoms with van der Waals surface area (Å²) in [6.07, 6.45) is 0. The van der Waals surface area contributed by atoms with E-state index >= 15 is 0 Å². The van der Waals surface area contributed by atoms with E-state index in [1.165, 1.54) is 0 Å². The first kappa shape index (κ1) is 10.0. The molecule has 0 heterocycles. The standard InChI is InChI=1S/C10H17N3/c11-6-7-12-8-9-13-10-4-2-1-3-5-10/h1-5,12-13H,6-9,11H2. The van der Waals surface area contributed by atoms with Gasteiger partial charge in [0.15, 0.2) is 0 Å². The fraction of sp³-hybridized carbons (Fsp3) is 0.400. The van der Waals surface area contributed by atoms with E-state index in [1.54, 1.807) is 0 Å². The molecule has 0 fully saturated rings. The minimum absolute atomic E-state index is 0.700. The molecular weight excluding hydrogens is 162 g/mol. The van der Waals surface area contributed by atoms with Gasteiger partial charge in [-0.25, -0.2) is 0 Å². The summed E-state index contributed by atoms with van der Waals surface area (Å²) in [7, 11) is 0. The Kier molecular flexibility index (Phi) is 4.98. The van der Waals surface area contributed by atoms with E-state index in [9.17, 15) is 0 Å². The number of rotatable bonds is 6. The molecule has 0 aliphatic rings. The van der Waals surface area contributed by atoms with Crippen molar-refractivity contribution in [1.29, 1.82) is 0 Å². The third kappa shape index (κ3) is 4.50. The van der Waals surface area contributed by atoms with Crippen molar-refractivity contribution in [2.24, 2.45) is 5.73 Å². The molecular formula is C10H17N3. The van der Waals surface area contributed by atoms with Crippen LogP contribution in [0.5, 0.6) is 0 Å². The predicted molar refractivity (Wildman–Crippen MR) is 56.9 cm³/mol. The van der Waals surface area contributed by atoms with Crippen LogP contribution in [-0.4, -0.2) is 26.2 Å². The molecule has 3 nitrogen and oxygen atoms in total. The fourth-order valence-corrected chi connectivity index (χ4v) is 1.08. The monoisotopic (exact) mass is 179 g/mol. The number of nitrogens with two attached hydrogens (primary N) is 1. The third-order valence-corrected chi connectivity index (χ3v) is 1.73. The Hall–Kier alpha value is -1.06. The van der Waals surface area contributed by atoms with Crippen molar-refractivity contribution >= 4 is 5.69 Å². The van der Waals surface area contributed by atoms with E-state index in [-0.39, 0.29) is 0 Å². The van der Waals surface area contributed by atoms with Crippen molar-refractivity contribution in [2.45, 2.75) is 0 Å². The number of hydrogen-bond acceptors (Lipinski definition) is 3. The van der Waals surface area contributed by atoms with Crippen LogP contribution in [0.4, 0.5) is 5.69 Å². The summed E-state index contributed by atoms with van der Waals surface area (Å²) in [5, 5.41) is 6.52. The van der Waals surface area contributed by atoms with E-state index in [2.05, 4.69) is 22.8 Å². The first-order chi connectivity index (χ1) is 6.43. The zero-order valence-electron chi connectivity index (χ0n) is 7.79. The van der Waals surface area contributed by atoms with Gasteiger partial charge >= 0.3 is 0 Å². The summed E-state index contributed by atoms with van der Waals surface area (Å²) in [5.41, 5.74) is 6.50. The van der Waals surface area contributed by atoms with Crippen molar-refractivity contribution in [2.75, 3.05) is 31.5 Å². The average molecular weight is 179 g/mol. The lowest BCUT2D eigenvalue weighted by atomic mass is 10.3. The maximum atomic E-state index is 5.34. The number of para-hydroxylation sites is 1. The van der Waals surface area contributed by atoms with Crippen LogP contribution in [-0.2, 0) is 0 Å². The normalized spacial score (nSPS) is 9.92. The summed E-state index contributed by atoms with van der Waals surface area (Å²) < 4.78 is 0. The molecule has 13 heavy (non-hydrogen) atoms. The van der Waals surface area contributed by atoms with Crippen LogP contribution in [0.3, 0.4) is 0 Å². The maximum Gasteiger partial charge on any atom is 0.0340 e. The van der Waals surface area contributed by atoms with Crippen molar-refractivity contribution in [3.05, 3.63) is 30.3 Å². The first-order valence-corrected chi connectivity index (χ1v) is 4.63. The van der Waals surface area contributed by atoms with Crippen LogP contribution in [0.1, 0.15) is 0 Å². The van der Waals surface area contributed by atoms with Crippen LogP contribution in [0.15, 0.2) is 30.3 Å². The Bertz CT molecular complexity index is 211. The molecule has 0 spiro atoms. The van der Waals surface area contributed by atoms with E-state index < -0.39 is 0 Å². The van der Waals surface area contributed by atoms with Gasteiger partial charge in [-0.15, -0.1) is 0 Å². The van der Waals surface area contributed by atoms with Gasteiger partial charge in [-0.3, -0.25) is 0 Å². The fourth-order valence-electron chi connectivity index (χ4n) is 1.08. The van der Waals surface area contributed by atoms with Gasteiger partial charge in [-0.05, 0) is 12.1 Å². The summed E-state index contributed by atoms with van der Waals surface area (Å²) in [5.74, 6) is 0. The average Bonchev–Trinajstić information content (AvgIpc) is 2.19. The zero-order chi connectivity index (χ0) is 9.36. The Morgan fingerprint density at radius 2 is 1.77 bits per heavy atom. The van der Waals surface area contributed by atoms with Crippen LogP contribution >= 0.6 is 0 Å². The number of hydrogen-bond donors (Lipinski definition) is 3. The lowest BCUT2D eigenvalue weighted by molar-refractivity contribution is 0.707. The van der Waals surface area contributed by atoms with Gasteiger partial charge in [0.25, 0.3) is 0 Å². The van der Waals surface area contributed by atoms with Gasteiger partial charge in [0.05, 0.1) is 0 Å². The summed E-state index contributed by atoms with van der Waals surface area (Å²) in [6.45, 7) is 3.47. The molecule has 0 saturated carbocycles. The molecule has 1 aromatic carbocycles. The predicted octanol–water partition coefficient (Wildman–Crippen LogP) is 0.647. The SMILES string of the molecule is NCCNCCNc1ccccc1. The molecule has 1 aromatic rings. The van der Waals surface area contributed by atoms with Crippen LogP contribution in [0.2, 0.25) is 0 Å². The van der Waals surface area contributed by atoms with Crippen LogP contribution in [0, 0.1) is 0 Å². The van der Waals surface area contributed by atoms with Gasteiger partial charge in [0.2, 0.25) is 0 Å². The molecule has 72 valence electrons. The van der Waals surface area contributed by atoms with Gasteiger partial charge in [-0.1, -0.05) is 18.2 Å². The Morgan fingerprint density at radius 3 is 2.46 bits per heavy atom. The van der Waals surface area contributed by atoms with Crippen molar-refractivity contribution in [1.82, 2.24) is 5.32 Å². The van der Waals surface area contributed by atoms with Gasteiger partial charge in [0, 0.05) is 31.9 Å². The number of nitrogens with one attached hydrogen (secondary N) is 2. The highest BCUT2D eigenvalue weighted by molar-refractivity contribution is 5.42. The molecule has 0 saturated heterocycles. The molecule has 4 N–H and O–H groups in total. The van der Waals surface area contributed by atoms with E-state index in [4.69, 9.17) is 5.73 Å². The highest BCUT2D eigenvalue weighted by atomic mass is 14.9. The molecule has 0 unspecified atom stereocenters. The number of anilines is 1. The second kappa shape index (κ2) is 6.46. The zero-order valence-corrected chi connectivity index (χ0v) is 7.79. The Morgan fingerprint density at radius 1 is 1.00 bits per heavy atom. The smallest absolute Gasteiger partial charge is 0.0340 e. The largest absolute Gasteiger partial charge is 0.384 e. The summed E-state index contributed by atoms with van der Waals surface area (Å²) in [6, 6.07) is 10.2. The molecule has 0 aliphatic carbocycles. The highest BCUT2D eigenvalue weighted by Gasteiger charge is 1.87. The molecule has 0 aromatic heterocycles. The third-order valence-electron chi connectivity index (χ3n) is 1.73. The minimum Gasteiger partial charge on any atom is -0.384 e. The molecule has 0 radical (unpaired) electrons. The van der Waals surface area contributed by atoms with Gasteiger partial charge < -0.3 is 16.4 Å². The van der Waals surface area contributed by atoms with Crippen molar-refractivity contribution < 1.29 is 0 Å². The second-order valence-electron chi connectivity index (χ2n) is 2.83. The van der Waals surface area contributed by atoms with E-state index in [1.807, 2.05) is 18.2 Å². The van der Waals surface area contributed by atoms with Gasteiger partial charge in [-0.2, -0.15) is 0 Å². The topological polar surface area (TPSA) is 50.1 Å². The lowest BCUT2D eigenvalue weighted by Gasteiger charge is -2.06. The Labute approximate surface area is 79.3 Å². The van der Waals surface area contributed by atoms with E-state index in [0.29, 0.717) is 6.54 Å². The van der Waals surface area contributed by atoms with Crippen LogP contribution in [0.25, 0.3) is 0 Å². The number of benzene rings is 1. The van der Waals surface area contributed by atoms with Crippen LogP contribution < -0.4 is 16.4 Å². The molecule has 0 atom stereocenters. The summed E-state index contributed by atoms with van der Waals surface area (Å²) >= 11 is 0. The highest BCUT2D eigenvalue weighted by Crippen LogP contribution is 2.03. The first-order valence-electron chi connectivity index (χ1n) is 4.63. The summed E-state index contributed by atoms with van der Waals surface area (Å²) in [4.78, 5) is 0. The molecule has 0 aliphatic heterocycles. The second-order valence-corrected chi connectivity index (χ2v) is 2.83. The van der Waals surface area contributed by atoms with Crippen molar-refractivity contribution in [3.63, 3.8) is 0 Å². The molecule has 0 bridgehead atoms. The maximum absolute atomic E-state index is 5.34. The minimum atomic E-state index is 0.700. The quantitative estimate of drug-likeness (QED) is 0.562. The lowest BCUT2D eigenvalue weighted by Crippen LogP contribution is -2.27. The molecule has 3 heteroatoms. The molecule has 1 rings (SSSR count).